The molecule has 0 unspecified atom stereocenters. The molecule has 1 saturated heterocycles. The Balaban J connectivity index is 0.000000426. The van der Waals surface area contributed by atoms with Crippen LogP contribution in [0.25, 0.3) is 10.9 Å². The molecule has 204 valence electrons. The molecule has 1 fully saturated rings. The molecule has 2 aliphatic heterocycles. The highest BCUT2D eigenvalue weighted by Gasteiger charge is 2.38. The Hall–Kier alpha value is -4.08. The van der Waals surface area contributed by atoms with Crippen LogP contribution >= 0.6 is 0 Å². The summed E-state index contributed by atoms with van der Waals surface area (Å²) < 4.78 is 72.5. The first-order valence-corrected chi connectivity index (χ1v) is 11.2. The number of carboxylic acid groups (broad SMARTS) is 1. The van der Waals surface area contributed by atoms with E-state index in [9.17, 15) is 31.1 Å². The minimum absolute atomic E-state index is 0.180. The van der Waals surface area contributed by atoms with Gasteiger partial charge in [0.25, 0.3) is 0 Å². The van der Waals surface area contributed by atoms with Gasteiger partial charge < -0.3 is 20.6 Å². The third-order valence-electron chi connectivity index (χ3n) is 5.91. The largest absolute Gasteiger partial charge is 0.490 e. The van der Waals surface area contributed by atoms with Crippen LogP contribution in [-0.2, 0) is 17.4 Å². The number of aliphatic carboxylic acids is 1. The summed E-state index contributed by atoms with van der Waals surface area (Å²) in [5.74, 6) is -2.26. The Kier molecular flexibility index (Phi) is 7.35. The number of alkyl halides is 6. The van der Waals surface area contributed by atoms with Crippen LogP contribution in [0.1, 0.15) is 11.1 Å². The Morgan fingerprint density at radius 1 is 1.05 bits per heavy atom. The summed E-state index contributed by atoms with van der Waals surface area (Å²) in [6.45, 7) is 3.80. The van der Waals surface area contributed by atoms with Crippen LogP contribution in [0.2, 0.25) is 0 Å². The summed E-state index contributed by atoms with van der Waals surface area (Å²) in [4.78, 5) is 29.9. The van der Waals surface area contributed by atoms with Crippen molar-refractivity contribution in [1.82, 2.24) is 20.5 Å². The number of urea groups is 1. The molecule has 2 aliphatic rings. The normalized spacial score (nSPS) is 15.6. The van der Waals surface area contributed by atoms with E-state index < -0.39 is 29.9 Å². The van der Waals surface area contributed by atoms with E-state index in [2.05, 4.69) is 30.7 Å². The van der Waals surface area contributed by atoms with Crippen LogP contribution in [0.15, 0.2) is 30.6 Å². The van der Waals surface area contributed by atoms with Crippen molar-refractivity contribution in [3.63, 3.8) is 0 Å². The SMILES string of the molecule is O=C(Nc1cc2c[nH]nc2cc1C(F)(F)F)N1CCc2c(N3CCNCC3)ccnc21.O=C(O)C(F)(F)F. The van der Waals surface area contributed by atoms with Crippen LogP contribution < -0.4 is 20.4 Å². The number of amides is 2. The zero-order valence-corrected chi connectivity index (χ0v) is 19.4. The fourth-order valence-electron chi connectivity index (χ4n) is 4.18. The lowest BCUT2D eigenvalue weighted by Gasteiger charge is -2.31. The van der Waals surface area contributed by atoms with Crippen molar-refractivity contribution in [3.05, 3.63) is 41.7 Å². The number of rotatable bonds is 2. The van der Waals surface area contributed by atoms with Gasteiger partial charge >= 0.3 is 24.4 Å². The second-order valence-corrected chi connectivity index (χ2v) is 8.34. The molecular weight excluding hydrogens is 524 g/mol. The lowest BCUT2D eigenvalue weighted by Crippen LogP contribution is -2.43. The summed E-state index contributed by atoms with van der Waals surface area (Å²) in [5, 5.41) is 19.7. The molecule has 0 bridgehead atoms. The van der Waals surface area contributed by atoms with Crippen molar-refractivity contribution in [2.45, 2.75) is 18.8 Å². The standard InChI is InChI=1S/C20H20F3N7O.C2HF3O2/c21-20(22,23)14-10-15-12(11-26-28-15)9-16(14)27-19(31)30-6-2-13-17(1-3-25-18(13)30)29-7-4-24-5-8-29;3-2(4,5)1(6)7/h1,3,9-11,24H,2,4-8H2,(H,26,28)(H,27,31);(H,6,7). The van der Waals surface area contributed by atoms with Crippen molar-refractivity contribution in [1.29, 1.82) is 0 Å². The minimum Gasteiger partial charge on any atom is -0.475 e. The topological polar surface area (TPSA) is 126 Å². The first-order chi connectivity index (χ1) is 17.9. The van der Waals surface area contributed by atoms with Gasteiger partial charge in [0.15, 0.2) is 0 Å². The van der Waals surface area contributed by atoms with Gasteiger partial charge in [0.1, 0.15) is 5.82 Å². The number of aromatic nitrogens is 3. The van der Waals surface area contributed by atoms with Gasteiger partial charge in [0, 0.05) is 61.8 Å². The fraction of sp³-hybridized carbons (Fsp3) is 0.364. The van der Waals surface area contributed by atoms with E-state index in [1.54, 1.807) is 6.20 Å². The molecule has 1 aromatic carbocycles. The van der Waals surface area contributed by atoms with Crippen molar-refractivity contribution in [3.8, 4) is 0 Å². The second kappa shape index (κ2) is 10.4. The number of pyridine rings is 1. The Morgan fingerprint density at radius 3 is 2.37 bits per heavy atom. The second-order valence-electron chi connectivity index (χ2n) is 8.34. The highest BCUT2D eigenvalue weighted by Crippen LogP contribution is 2.38. The number of carbonyl (C=O) groups excluding carboxylic acids is 1. The monoisotopic (exact) mass is 545 g/mol. The quantitative estimate of drug-likeness (QED) is 0.363. The maximum absolute atomic E-state index is 13.6. The molecule has 10 nitrogen and oxygen atoms in total. The number of benzene rings is 1. The molecule has 0 spiro atoms. The summed E-state index contributed by atoms with van der Waals surface area (Å²) in [6, 6.07) is 3.50. The highest BCUT2D eigenvalue weighted by molar-refractivity contribution is 6.04. The van der Waals surface area contributed by atoms with E-state index in [1.807, 2.05) is 6.07 Å². The van der Waals surface area contributed by atoms with Crippen molar-refractivity contribution >= 4 is 40.1 Å². The van der Waals surface area contributed by atoms with Gasteiger partial charge in [-0.15, -0.1) is 0 Å². The molecule has 38 heavy (non-hydrogen) atoms. The molecule has 4 heterocycles. The van der Waals surface area contributed by atoms with E-state index in [4.69, 9.17) is 9.90 Å². The van der Waals surface area contributed by atoms with Gasteiger partial charge in [-0.2, -0.15) is 31.4 Å². The highest BCUT2D eigenvalue weighted by atomic mass is 19.4. The van der Waals surface area contributed by atoms with Gasteiger partial charge in [-0.25, -0.2) is 14.6 Å². The molecule has 0 atom stereocenters. The number of fused-ring (bicyclic) bond motifs is 2. The molecule has 2 aromatic heterocycles. The predicted octanol–water partition coefficient (Wildman–Crippen LogP) is 3.61. The van der Waals surface area contributed by atoms with Crippen LogP contribution in [-0.4, -0.2) is 71.2 Å². The van der Waals surface area contributed by atoms with Crippen LogP contribution in [0.5, 0.6) is 0 Å². The van der Waals surface area contributed by atoms with E-state index >= 15 is 0 Å². The molecule has 4 N–H and O–H groups in total. The molecular formula is C22H21F6N7O3. The molecule has 16 heteroatoms. The molecule has 0 saturated carbocycles. The van der Waals surface area contributed by atoms with Crippen molar-refractivity contribution in [2.24, 2.45) is 0 Å². The number of halogens is 6. The first kappa shape index (κ1) is 27.0. The number of nitrogens with zero attached hydrogens (tertiary/aromatic N) is 4. The average Bonchev–Trinajstić information content (AvgIpc) is 3.50. The Morgan fingerprint density at radius 2 is 1.74 bits per heavy atom. The molecule has 0 radical (unpaired) electrons. The van der Waals surface area contributed by atoms with Crippen LogP contribution in [0.4, 0.5) is 48.3 Å². The van der Waals surface area contributed by atoms with Gasteiger partial charge in [0.2, 0.25) is 0 Å². The number of carbonyl (C=O) groups is 2. The smallest absolute Gasteiger partial charge is 0.475 e. The molecule has 5 rings (SSSR count). The van der Waals surface area contributed by atoms with Gasteiger partial charge in [-0.3, -0.25) is 10.00 Å². The number of carboxylic acids is 1. The zero-order chi connectivity index (χ0) is 27.7. The maximum atomic E-state index is 13.6. The maximum Gasteiger partial charge on any atom is 0.490 e. The van der Waals surface area contributed by atoms with Crippen LogP contribution in [0.3, 0.4) is 0 Å². The van der Waals surface area contributed by atoms with E-state index in [0.717, 1.165) is 43.5 Å². The van der Waals surface area contributed by atoms with E-state index in [0.29, 0.717) is 24.2 Å². The van der Waals surface area contributed by atoms with Gasteiger partial charge in [-0.1, -0.05) is 0 Å². The number of aromatic amines is 1. The summed E-state index contributed by atoms with van der Waals surface area (Å²) in [6.07, 6.45) is -5.99. The summed E-state index contributed by atoms with van der Waals surface area (Å²) in [7, 11) is 0. The number of hydrogen-bond acceptors (Lipinski definition) is 6. The summed E-state index contributed by atoms with van der Waals surface area (Å²) >= 11 is 0. The molecule has 3 aromatic rings. The first-order valence-electron chi connectivity index (χ1n) is 11.2. The van der Waals surface area contributed by atoms with Crippen molar-refractivity contribution < 1.29 is 41.0 Å². The number of anilines is 3. The van der Waals surface area contributed by atoms with E-state index in [-0.39, 0.29) is 11.2 Å². The predicted molar refractivity (Wildman–Crippen MR) is 124 cm³/mol. The number of piperazine rings is 1. The third-order valence-corrected chi connectivity index (χ3v) is 5.91. The van der Waals surface area contributed by atoms with Crippen molar-refractivity contribution in [2.75, 3.05) is 47.8 Å². The summed E-state index contributed by atoms with van der Waals surface area (Å²) in [5.41, 5.74) is 0.901. The van der Waals surface area contributed by atoms with Gasteiger partial charge in [0.05, 0.1) is 16.8 Å². The number of nitrogens with one attached hydrogen (secondary N) is 3. The molecule has 2 amide bonds. The number of H-pyrrole nitrogens is 1. The van der Waals surface area contributed by atoms with Gasteiger partial charge in [-0.05, 0) is 24.6 Å². The molecule has 0 aliphatic carbocycles. The Labute approximate surface area is 210 Å². The third kappa shape index (κ3) is 5.74. The Bertz CT molecular complexity index is 1340. The average molecular weight is 545 g/mol. The van der Waals surface area contributed by atoms with Crippen LogP contribution in [0, 0.1) is 0 Å². The fourth-order valence-corrected chi connectivity index (χ4v) is 4.18. The minimum atomic E-state index is -5.08. The lowest BCUT2D eigenvalue weighted by atomic mass is 10.1. The van der Waals surface area contributed by atoms with E-state index in [1.165, 1.54) is 17.2 Å². The zero-order valence-electron chi connectivity index (χ0n) is 19.4. The lowest BCUT2D eigenvalue weighted by molar-refractivity contribution is -0.192. The number of hydrogen-bond donors (Lipinski definition) is 4.